The van der Waals surface area contributed by atoms with Gasteiger partial charge in [0.1, 0.15) is 0 Å². The Bertz CT molecular complexity index is 579. The first-order valence-electron chi connectivity index (χ1n) is 7.11. The van der Waals surface area contributed by atoms with Crippen molar-refractivity contribution in [2.24, 2.45) is 5.92 Å². The van der Waals surface area contributed by atoms with Crippen LogP contribution in [-0.4, -0.2) is 5.91 Å². The van der Waals surface area contributed by atoms with Crippen LogP contribution in [0.2, 0.25) is 0 Å². The minimum atomic E-state index is -0.162. The molecule has 1 heterocycles. The lowest BCUT2D eigenvalue weighted by molar-refractivity contribution is -0.605. The third-order valence-electron chi connectivity index (χ3n) is 3.28. The summed E-state index contributed by atoms with van der Waals surface area (Å²) < 4.78 is 0.666. The van der Waals surface area contributed by atoms with Gasteiger partial charge in [-0.2, -0.15) is 4.73 Å². The minimum Gasteiger partial charge on any atom is -0.619 e. The molecule has 21 heavy (non-hydrogen) atoms. The summed E-state index contributed by atoms with van der Waals surface area (Å²) in [6.45, 7) is 4.26. The summed E-state index contributed by atoms with van der Waals surface area (Å²) in [7, 11) is 0. The zero-order valence-electron chi connectivity index (χ0n) is 12.3. The summed E-state index contributed by atoms with van der Waals surface area (Å²) in [5.74, 6) is 0.306. The largest absolute Gasteiger partial charge is 0.619 e. The SMILES string of the molecule is CC(C)CC(NC(=O)c1cc[n+]([O-])cc1)c1ccccc1. The Hall–Kier alpha value is -2.36. The van der Waals surface area contributed by atoms with E-state index in [1.165, 1.54) is 24.5 Å². The Kier molecular flexibility index (Phi) is 4.93. The zero-order chi connectivity index (χ0) is 15.2. The molecule has 0 spiro atoms. The van der Waals surface area contributed by atoms with Gasteiger partial charge in [0.15, 0.2) is 12.4 Å². The van der Waals surface area contributed by atoms with Crippen LogP contribution in [0, 0.1) is 11.1 Å². The number of amides is 1. The standard InChI is InChI=1S/C17H20N2O2/c1-13(2)12-16(14-6-4-3-5-7-14)18-17(20)15-8-10-19(21)11-9-15/h3-11,13,16H,12H2,1-2H3,(H,18,20). The van der Waals surface area contributed by atoms with Gasteiger partial charge in [-0.05, 0) is 17.9 Å². The predicted octanol–water partition coefficient (Wildman–Crippen LogP) is 2.84. The number of nitrogens with zero attached hydrogens (tertiary/aromatic N) is 1. The minimum absolute atomic E-state index is 0.0294. The number of rotatable bonds is 5. The summed E-state index contributed by atoms with van der Waals surface area (Å²) in [6, 6.07) is 13.0. The van der Waals surface area contributed by atoms with E-state index in [9.17, 15) is 10.0 Å². The second-order valence-electron chi connectivity index (χ2n) is 5.51. The van der Waals surface area contributed by atoms with Gasteiger partial charge in [-0.25, -0.2) is 0 Å². The van der Waals surface area contributed by atoms with E-state index in [0.717, 1.165) is 12.0 Å². The third-order valence-corrected chi connectivity index (χ3v) is 3.28. The average molecular weight is 284 g/mol. The highest BCUT2D eigenvalue weighted by molar-refractivity contribution is 5.94. The molecule has 1 atom stereocenters. The molecule has 4 nitrogen and oxygen atoms in total. The van der Waals surface area contributed by atoms with Crippen LogP contribution in [0.5, 0.6) is 0 Å². The first kappa shape index (κ1) is 15.0. The van der Waals surface area contributed by atoms with E-state index in [-0.39, 0.29) is 11.9 Å². The number of carbonyl (C=O) groups excluding carboxylic acids is 1. The molecule has 2 aromatic rings. The van der Waals surface area contributed by atoms with Crippen molar-refractivity contribution < 1.29 is 9.52 Å². The van der Waals surface area contributed by atoms with Crippen LogP contribution in [0.3, 0.4) is 0 Å². The normalized spacial score (nSPS) is 12.1. The van der Waals surface area contributed by atoms with Gasteiger partial charge in [-0.1, -0.05) is 44.2 Å². The van der Waals surface area contributed by atoms with Crippen molar-refractivity contribution in [3.05, 3.63) is 71.2 Å². The van der Waals surface area contributed by atoms with Crippen LogP contribution in [0.1, 0.15) is 42.2 Å². The molecule has 110 valence electrons. The van der Waals surface area contributed by atoms with E-state index >= 15 is 0 Å². The van der Waals surface area contributed by atoms with Crippen molar-refractivity contribution in [1.29, 1.82) is 0 Å². The average Bonchev–Trinajstić information content (AvgIpc) is 2.47. The number of hydrogen-bond donors (Lipinski definition) is 1. The number of benzene rings is 1. The lowest BCUT2D eigenvalue weighted by Gasteiger charge is -2.21. The lowest BCUT2D eigenvalue weighted by atomic mass is 9.96. The summed E-state index contributed by atoms with van der Waals surface area (Å²) in [5.41, 5.74) is 1.58. The van der Waals surface area contributed by atoms with Gasteiger partial charge in [0.05, 0.1) is 11.6 Å². The van der Waals surface area contributed by atoms with Crippen molar-refractivity contribution >= 4 is 5.91 Å². The molecule has 1 aromatic carbocycles. The van der Waals surface area contributed by atoms with Crippen LogP contribution in [0.4, 0.5) is 0 Å². The maximum absolute atomic E-state index is 12.3. The molecule has 4 heteroatoms. The Labute approximate surface area is 125 Å². The quantitative estimate of drug-likeness (QED) is 0.678. The zero-order valence-corrected chi connectivity index (χ0v) is 12.3. The molecule has 0 saturated heterocycles. The van der Waals surface area contributed by atoms with Crippen LogP contribution in [0.25, 0.3) is 0 Å². The van der Waals surface area contributed by atoms with Gasteiger partial charge in [0.2, 0.25) is 0 Å². The summed E-state index contributed by atoms with van der Waals surface area (Å²) in [6.07, 6.45) is 3.52. The van der Waals surface area contributed by atoms with Crippen LogP contribution in [-0.2, 0) is 0 Å². The molecule has 0 aliphatic heterocycles. The predicted molar refractivity (Wildman–Crippen MR) is 81.5 cm³/mol. The second kappa shape index (κ2) is 6.88. The maximum Gasteiger partial charge on any atom is 0.252 e. The highest BCUT2D eigenvalue weighted by Crippen LogP contribution is 2.21. The molecular formula is C17H20N2O2. The highest BCUT2D eigenvalue weighted by Gasteiger charge is 2.17. The van der Waals surface area contributed by atoms with Gasteiger partial charge < -0.3 is 10.5 Å². The Morgan fingerprint density at radius 1 is 1.14 bits per heavy atom. The molecule has 0 radical (unpaired) electrons. The molecule has 0 bridgehead atoms. The summed E-state index contributed by atoms with van der Waals surface area (Å²) in [4.78, 5) is 12.3. The number of carbonyl (C=O) groups is 1. The van der Waals surface area contributed by atoms with Crippen molar-refractivity contribution in [3.8, 4) is 0 Å². The molecule has 1 amide bonds. The smallest absolute Gasteiger partial charge is 0.252 e. The van der Waals surface area contributed by atoms with Crippen molar-refractivity contribution in [2.75, 3.05) is 0 Å². The monoisotopic (exact) mass is 284 g/mol. The van der Waals surface area contributed by atoms with E-state index in [0.29, 0.717) is 16.2 Å². The number of nitrogens with one attached hydrogen (secondary N) is 1. The molecule has 0 saturated carbocycles. The lowest BCUT2D eigenvalue weighted by Crippen LogP contribution is -2.31. The first-order chi connectivity index (χ1) is 10.1. The van der Waals surface area contributed by atoms with E-state index in [2.05, 4.69) is 19.2 Å². The van der Waals surface area contributed by atoms with Gasteiger partial charge in [-0.15, -0.1) is 0 Å². The molecular weight excluding hydrogens is 264 g/mol. The summed E-state index contributed by atoms with van der Waals surface area (Å²) >= 11 is 0. The molecule has 2 rings (SSSR count). The topological polar surface area (TPSA) is 56.0 Å². The molecule has 1 aromatic heterocycles. The summed E-state index contributed by atoms with van der Waals surface area (Å²) in [5, 5.41) is 14.1. The Morgan fingerprint density at radius 2 is 1.76 bits per heavy atom. The van der Waals surface area contributed by atoms with Crippen LogP contribution >= 0.6 is 0 Å². The van der Waals surface area contributed by atoms with E-state index in [1.54, 1.807) is 0 Å². The second-order valence-corrected chi connectivity index (χ2v) is 5.51. The van der Waals surface area contributed by atoms with Gasteiger partial charge in [0.25, 0.3) is 5.91 Å². The van der Waals surface area contributed by atoms with Gasteiger partial charge in [-0.3, -0.25) is 4.79 Å². The van der Waals surface area contributed by atoms with Crippen molar-refractivity contribution in [2.45, 2.75) is 26.3 Å². The number of aromatic nitrogens is 1. The first-order valence-corrected chi connectivity index (χ1v) is 7.11. The fourth-order valence-electron chi connectivity index (χ4n) is 2.24. The van der Waals surface area contributed by atoms with Gasteiger partial charge in [0, 0.05) is 12.1 Å². The third kappa shape index (κ3) is 4.31. The Morgan fingerprint density at radius 3 is 2.33 bits per heavy atom. The van der Waals surface area contributed by atoms with E-state index < -0.39 is 0 Å². The van der Waals surface area contributed by atoms with Crippen molar-refractivity contribution in [1.82, 2.24) is 5.32 Å². The van der Waals surface area contributed by atoms with Crippen LogP contribution < -0.4 is 10.0 Å². The molecule has 0 fully saturated rings. The van der Waals surface area contributed by atoms with E-state index in [1.807, 2.05) is 30.3 Å². The van der Waals surface area contributed by atoms with Gasteiger partial charge >= 0.3 is 0 Å². The van der Waals surface area contributed by atoms with E-state index in [4.69, 9.17) is 0 Å². The number of pyridine rings is 1. The van der Waals surface area contributed by atoms with Crippen molar-refractivity contribution in [3.63, 3.8) is 0 Å². The molecule has 1 N–H and O–H groups in total. The highest BCUT2D eigenvalue weighted by atomic mass is 16.5. The number of hydrogen-bond acceptors (Lipinski definition) is 2. The van der Waals surface area contributed by atoms with Crippen LogP contribution in [0.15, 0.2) is 54.9 Å². The molecule has 0 aliphatic carbocycles. The molecule has 0 aliphatic rings. The maximum atomic E-state index is 12.3. The fraction of sp³-hybridized carbons (Fsp3) is 0.294. The fourth-order valence-corrected chi connectivity index (χ4v) is 2.24. The molecule has 1 unspecified atom stereocenters. The Balaban J connectivity index is 2.15.